The first kappa shape index (κ1) is 15.0. The zero-order valence-corrected chi connectivity index (χ0v) is 11.6. The van der Waals surface area contributed by atoms with Gasteiger partial charge in [-0.15, -0.1) is 0 Å². The van der Waals surface area contributed by atoms with Crippen LogP contribution in [0, 0.1) is 5.82 Å². The third kappa shape index (κ3) is 3.39. The maximum absolute atomic E-state index is 13.5. The van der Waals surface area contributed by atoms with Crippen LogP contribution in [0.25, 0.3) is 6.08 Å². The SMILES string of the molecule is COc1ccc(/C=C/C(=O)N2CCC[C@@H]2C(=O)O)cc1F. The van der Waals surface area contributed by atoms with Gasteiger partial charge in [-0.05, 0) is 36.6 Å². The summed E-state index contributed by atoms with van der Waals surface area (Å²) in [6, 6.07) is 3.57. The minimum atomic E-state index is -0.996. The van der Waals surface area contributed by atoms with Crippen LogP contribution in [0.4, 0.5) is 4.39 Å². The summed E-state index contributed by atoms with van der Waals surface area (Å²) in [5.74, 6) is -1.76. The normalized spacial score (nSPS) is 18.2. The van der Waals surface area contributed by atoms with Crippen molar-refractivity contribution in [3.05, 3.63) is 35.7 Å². The van der Waals surface area contributed by atoms with Crippen molar-refractivity contribution in [1.82, 2.24) is 4.90 Å². The van der Waals surface area contributed by atoms with Crippen LogP contribution in [0.3, 0.4) is 0 Å². The average Bonchev–Trinajstić information content (AvgIpc) is 2.94. The number of methoxy groups -OCH3 is 1. The highest BCUT2D eigenvalue weighted by molar-refractivity contribution is 5.94. The molecule has 0 unspecified atom stereocenters. The van der Waals surface area contributed by atoms with Gasteiger partial charge in [0.05, 0.1) is 7.11 Å². The molecule has 1 aliphatic rings. The molecule has 1 atom stereocenters. The first-order valence-corrected chi connectivity index (χ1v) is 6.58. The lowest BCUT2D eigenvalue weighted by atomic mass is 10.2. The van der Waals surface area contributed by atoms with Gasteiger partial charge < -0.3 is 14.7 Å². The third-order valence-corrected chi connectivity index (χ3v) is 3.42. The Bertz CT molecular complexity index is 585. The molecule has 0 aliphatic carbocycles. The number of carbonyl (C=O) groups excluding carboxylic acids is 1. The zero-order valence-electron chi connectivity index (χ0n) is 11.6. The lowest BCUT2D eigenvalue weighted by Crippen LogP contribution is -2.39. The number of carboxylic acids is 1. The van der Waals surface area contributed by atoms with Gasteiger partial charge in [0.25, 0.3) is 0 Å². The molecule has 21 heavy (non-hydrogen) atoms. The van der Waals surface area contributed by atoms with E-state index in [0.29, 0.717) is 24.9 Å². The summed E-state index contributed by atoms with van der Waals surface area (Å²) >= 11 is 0. The van der Waals surface area contributed by atoms with E-state index in [1.54, 1.807) is 6.07 Å². The van der Waals surface area contributed by atoms with Crippen LogP contribution in [0.5, 0.6) is 5.75 Å². The maximum Gasteiger partial charge on any atom is 0.326 e. The Labute approximate surface area is 121 Å². The fraction of sp³-hybridized carbons (Fsp3) is 0.333. The quantitative estimate of drug-likeness (QED) is 0.861. The number of benzene rings is 1. The molecule has 0 radical (unpaired) electrons. The number of hydrogen-bond acceptors (Lipinski definition) is 3. The highest BCUT2D eigenvalue weighted by Gasteiger charge is 2.32. The molecule has 1 aliphatic heterocycles. The van der Waals surface area contributed by atoms with Crippen LogP contribution in [0.15, 0.2) is 24.3 Å². The van der Waals surface area contributed by atoms with E-state index in [1.165, 1.54) is 36.3 Å². The van der Waals surface area contributed by atoms with Gasteiger partial charge in [0.2, 0.25) is 5.91 Å². The molecule has 6 heteroatoms. The van der Waals surface area contributed by atoms with E-state index in [1.807, 2.05) is 0 Å². The monoisotopic (exact) mass is 293 g/mol. The first-order valence-electron chi connectivity index (χ1n) is 6.58. The number of nitrogens with zero attached hydrogens (tertiary/aromatic N) is 1. The summed E-state index contributed by atoms with van der Waals surface area (Å²) in [4.78, 5) is 24.3. The van der Waals surface area contributed by atoms with E-state index in [9.17, 15) is 14.0 Å². The molecule has 1 fully saturated rings. The molecule has 1 aromatic rings. The Kier molecular flexibility index (Phi) is 4.57. The molecular formula is C15H16FNO4. The van der Waals surface area contributed by atoms with Crippen molar-refractivity contribution in [3.63, 3.8) is 0 Å². The van der Waals surface area contributed by atoms with Gasteiger partial charge in [-0.25, -0.2) is 9.18 Å². The predicted octanol–water partition coefficient (Wildman–Crippen LogP) is 1.92. The maximum atomic E-state index is 13.5. The number of likely N-dealkylation sites (tertiary alicyclic amines) is 1. The van der Waals surface area contributed by atoms with Crippen molar-refractivity contribution in [2.45, 2.75) is 18.9 Å². The van der Waals surface area contributed by atoms with Crippen molar-refractivity contribution >= 4 is 18.0 Å². The van der Waals surface area contributed by atoms with E-state index in [0.717, 1.165) is 0 Å². The minimum absolute atomic E-state index is 0.129. The fourth-order valence-corrected chi connectivity index (χ4v) is 2.34. The van der Waals surface area contributed by atoms with Crippen LogP contribution >= 0.6 is 0 Å². The fourth-order valence-electron chi connectivity index (χ4n) is 2.34. The number of amides is 1. The summed E-state index contributed by atoms with van der Waals surface area (Å²) in [6.07, 6.45) is 3.87. The molecule has 1 N–H and O–H groups in total. The molecule has 5 nitrogen and oxygen atoms in total. The van der Waals surface area contributed by atoms with E-state index >= 15 is 0 Å². The third-order valence-electron chi connectivity index (χ3n) is 3.42. The highest BCUT2D eigenvalue weighted by Crippen LogP contribution is 2.20. The lowest BCUT2D eigenvalue weighted by Gasteiger charge is -2.19. The number of halogens is 1. The number of carbonyl (C=O) groups is 2. The van der Waals surface area contributed by atoms with Crippen molar-refractivity contribution in [1.29, 1.82) is 0 Å². The lowest BCUT2D eigenvalue weighted by molar-refractivity contribution is -0.146. The summed E-state index contributed by atoms with van der Waals surface area (Å²) in [5, 5.41) is 9.03. The van der Waals surface area contributed by atoms with Crippen LogP contribution in [0.2, 0.25) is 0 Å². The number of hydrogen-bond donors (Lipinski definition) is 1. The van der Waals surface area contributed by atoms with Crippen molar-refractivity contribution in [2.75, 3.05) is 13.7 Å². The molecule has 0 aromatic heterocycles. The summed E-state index contributed by atoms with van der Waals surface area (Å²) in [5.41, 5.74) is 0.507. The largest absolute Gasteiger partial charge is 0.494 e. The van der Waals surface area contributed by atoms with Crippen LogP contribution in [-0.2, 0) is 9.59 Å². The van der Waals surface area contributed by atoms with Gasteiger partial charge >= 0.3 is 5.97 Å². The second-order valence-corrected chi connectivity index (χ2v) is 4.76. The average molecular weight is 293 g/mol. The number of ether oxygens (including phenoxy) is 1. The highest BCUT2D eigenvalue weighted by atomic mass is 19.1. The van der Waals surface area contributed by atoms with Crippen molar-refractivity contribution < 1.29 is 23.8 Å². The Morgan fingerprint density at radius 2 is 2.24 bits per heavy atom. The smallest absolute Gasteiger partial charge is 0.326 e. The van der Waals surface area contributed by atoms with E-state index in [-0.39, 0.29) is 11.7 Å². The molecule has 1 saturated heterocycles. The Morgan fingerprint density at radius 3 is 2.86 bits per heavy atom. The van der Waals surface area contributed by atoms with Crippen LogP contribution < -0.4 is 4.74 Å². The van der Waals surface area contributed by atoms with Gasteiger partial charge in [-0.1, -0.05) is 6.07 Å². The first-order chi connectivity index (χ1) is 10.0. The molecule has 0 spiro atoms. The number of rotatable bonds is 4. The van der Waals surface area contributed by atoms with Gasteiger partial charge in [-0.2, -0.15) is 0 Å². The Hall–Kier alpha value is -2.37. The molecule has 1 aromatic carbocycles. The van der Waals surface area contributed by atoms with E-state index in [2.05, 4.69) is 0 Å². The number of carboxylic acid groups (broad SMARTS) is 1. The van der Waals surface area contributed by atoms with E-state index in [4.69, 9.17) is 9.84 Å². The Balaban J connectivity index is 2.08. The van der Waals surface area contributed by atoms with Crippen LogP contribution in [-0.4, -0.2) is 41.6 Å². The summed E-state index contributed by atoms with van der Waals surface area (Å²) in [7, 11) is 1.37. The second-order valence-electron chi connectivity index (χ2n) is 4.76. The molecule has 0 saturated carbocycles. The topological polar surface area (TPSA) is 66.8 Å². The van der Waals surface area contributed by atoms with Crippen molar-refractivity contribution in [3.8, 4) is 5.75 Å². The summed E-state index contributed by atoms with van der Waals surface area (Å²) in [6.45, 7) is 0.428. The summed E-state index contributed by atoms with van der Waals surface area (Å²) < 4.78 is 18.3. The molecule has 1 amide bonds. The van der Waals surface area contributed by atoms with Gasteiger partial charge in [0.15, 0.2) is 11.6 Å². The molecule has 0 bridgehead atoms. The van der Waals surface area contributed by atoms with Gasteiger partial charge in [-0.3, -0.25) is 4.79 Å². The number of aliphatic carboxylic acids is 1. The molecule has 2 rings (SSSR count). The Morgan fingerprint density at radius 1 is 1.48 bits per heavy atom. The van der Waals surface area contributed by atoms with Gasteiger partial charge in [0.1, 0.15) is 6.04 Å². The van der Waals surface area contributed by atoms with Crippen LogP contribution in [0.1, 0.15) is 18.4 Å². The second kappa shape index (κ2) is 6.39. The minimum Gasteiger partial charge on any atom is -0.494 e. The van der Waals surface area contributed by atoms with Gasteiger partial charge in [0, 0.05) is 12.6 Å². The molecule has 1 heterocycles. The zero-order chi connectivity index (χ0) is 15.4. The van der Waals surface area contributed by atoms with E-state index < -0.39 is 17.8 Å². The predicted molar refractivity (Wildman–Crippen MR) is 74.4 cm³/mol. The standard InChI is InChI=1S/C15H16FNO4/c1-21-13-6-4-10(9-11(13)16)5-7-14(18)17-8-2-3-12(17)15(19)20/h4-7,9,12H,2-3,8H2,1H3,(H,19,20)/b7-5+/t12-/m1/s1. The molecule has 112 valence electrons. The molecular weight excluding hydrogens is 277 g/mol. The van der Waals surface area contributed by atoms with Crippen molar-refractivity contribution in [2.24, 2.45) is 0 Å².